The van der Waals surface area contributed by atoms with E-state index < -0.39 is 0 Å². The zero-order valence-corrected chi connectivity index (χ0v) is 10.9. The average Bonchev–Trinajstić information content (AvgIpc) is 2.31. The summed E-state index contributed by atoms with van der Waals surface area (Å²) in [5.41, 5.74) is 7.75. The monoisotopic (exact) mass is 254 g/mol. The number of benzene rings is 1. The maximum atomic E-state index is 6.21. The highest BCUT2D eigenvalue weighted by atomic mass is 35.5. The number of rotatable bonds is 3. The van der Waals surface area contributed by atoms with Crippen LogP contribution in [0.15, 0.2) is 18.2 Å². The van der Waals surface area contributed by atoms with Crippen LogP contribution in [0.25, 0.3) is 0 Å². The van der Waals surface area contributed by atoms with Gasteiger partial charge in [-0.3, -0.25) is 0 Å². The number of ether oxygens (including phenoxy) is 1. The maximum absolute atomic E-state index is 6.21. The van der Waals surface area contributed by atoms with Crippen molar-refractivity contribution < 1.29 is 4.74 Å². The molecule has 1 heterocycles. The Bertz CT molecular complexity index is 355. The Morgan fingerprint density at radius 2 is 2.12 bits per heavy atom. The van der Waals surface area contributed by atoms with Gasteiger partial charge in [-0.15, -0.1) is 0 Å². The fraction of sp³-hybridized carbons (Fsp3) is 0.538. The molecule has 0 amide bonds. The van der Waals surface area contributed by atoms with Crippen molar-refractivity contribution in [2.75, 3.05) is 37.4 Å². The molecule has 1 aromatic carbocycles. The molecule has 0 aromatic heterocycles. The largest absolute Gasteiger partial charge is 0.397 e. The van der Waals surface area contributed by atoms with Crippen LogP contribution in [-0.2, 0) is 4.74 Å². The van der Waals surface area contributed by atoms with Gasteiger partial charge in [0.25, 0.3) is 0 Å². The van der Waals surface area contributed by atoms with Gasteiger partial charge in [0.2, 0.25) is 0 Å². The fourth-order valence-electron chi connectivity index (χ4n) is 2.42. The summed E-state index contributed by atoms with van der Waals surface area (Å²) in [5, 5.41) is 0.746. The Balaban J connectivity index is 2.05. The molecule has 0 spiro atoms. The SMILES string of the molecule is COCC1CCN(c2c(N)cccc2Cl)CC1. The van der Waals surface area contributed by atoms with E-state index >= 15 is 0 Å². The van der Waals surface area contributed by atoms with Gasteiger partial charge in [-0.25, -0.2) is 0 Å². The highest BCUT2D eigenvalue weighted by Crippen LogP contribution is 2.34. The third-order valence-corrected chi connectivity index (χ3v) is 3.66. The van der Waals surface area contributed by atoms with E-state index in [1.165, 1.54) is 0 Å². The molecule has 0 aliphatic carbocycles. The highest BCUT2D eigenvalue weighted by molar-refractivity contribution is 6.34. The van der Waals surface area contributed by atoms with Gasteiger partial charge in [-0.2, -0.15) is 0 Å². The lowest BCUT2D eigenvalue weighted by Crippen LogP contribution is -2.35. The number of piperidine rings is 1. The molecule has 1 aromatic rings. The fourth-order valence-corrected chi connectivity index (χ4v) is 2.73. The van der Waals surface area contributed by atoms with E-state index in [9.17, 15) is 0 Å². The summed E-state index contributed by atoms with van der Waals surface area (Å²) in [4.78, 5) is 2.28. The van der Waals surface area contributed by atoms with Crippen LogP contribution >= 0.6 is 11.6 Å². The number of hydrogen-bond acceptors (Lipinski definition) is 3. The van der Waals surface area contributed by atoms with Crippen molar-refractivity contribution in [2.24, 2.45) is 5.92 Å². The van der Waals surface area contributed by atoms with E-state index in [0.29, 0.717) is 5.92 Å². The predicted molar refractivity (Wildman–Crippen MR) is 72.7 cm³/mol. The highest BCUT2D eigenvalue weighted by Gasteiger charge is 2.21. The molecule has 1 aliphatic rings. The van der Waals surface area contributed by atoms with Crippen LogP contribution in [0.1, 0.15) is 12.8 Å². The van der Waals surface area contributed by atoms with Crippen LogP contribution in [0.3, 0.4) is 0 Å². The molecule has 1 saturated heterocycles. The van der Waals surface area contributed by atoms with Crippen molar-refractivity contribution >= 4 is 23.0 Å². The Morgan fingerprint density at radius 1 is 1.41 bits per heavy atom. The van der Waals surface area contributed by atoms with Crippen molar-refractivity contribution in [1.29, 1.82) is 0 Å². The Labute approximate surface area is 107 Å². The van der Waals surface area contributed by atoms with Gasteiger partial charge in [0.1, 0.15) is 0 Å². The van der Waals surface area contributed by atoms with E-state index in [2.05, 4.69) is 4.90 Å². The third-order valence-electron chi connectivity index (χ3n) is 3.35. The van der Waals surface area contributed by atoms with E-state index in [-0.39, 0.29) is 0 Å². The lowest BCUT2D eigenvalue weighted by molar-refractivity contribution is 0.139. The normalized spacial score (nSPS) is 17.4. The number of methoxy groups -OCH3 is 1. The molecular weight excluding hydrogens is 236 g/mol. The minimum absolute atomic E-state index is 0.667. The van der Waals surface area contributed by atoms with Gasteiger partial charge < -0.3 is 15.4 Å². The minimum Gasteiger partial charge on any atom is -0.397 e. The van der Waals surface area contributed by atoms with E-state index in [4.69, 9.17) is 22.1 Å². The van der Waals surface area contributed by atoms with Crippen molar-refractivity contribution in [2.45, 2.75) is 12.8 Å². The Hall–Kier alpha value is -0.930. The van der Waals surface area contributed by atoms with Gasteiger partial charge in [-0.05, 0) is 30.9 Å². The molecule has 2 N–H and O–H groups in total. The average molecular weight is 255 g/mol. The second-order valence-electron chi connectivity index (χ2n) is 4.56. The maximum Gasteiger partial charge on any atom is 0.0789 e. The van der Waals surface area contributed by atoms with Crippen LogP contribution in [0.2, 0.25) is 5.02 Å². The molecule has 1 fully saturated rings. The Morgan fingerprint density at radius 3 is 2.71 bits per heavy atom. The van der Waals surface area contributed by atoms with Crippen molar-refractivity contribution in [3.8, 4) is 0 Å². The first-order chi connectivity index (χ1) is 8.22. The molecular formula is C13H19ClN2O. The number of halogens is 1. The smallest absolute Gasteiger partial charge is 0.0789 e. The second kappa shape index (κ2) is 5.61. The standard InChI is InChI=1S/C13H19ClN2O/c1-17-9-10-5-7-16(8-6-10)13-11(14)3-2-4-12(13)15/h2-4,10H,5-9,15H2,1H3. The van der Waals surface area contributed by atoms with E-state index in [0.717, 1.165) is 48.9 Å². The molecule has 0 bridgehead atoms. The topological polar surface area (TPSA) is 38.5 Å². The van der Waals surface area contributed by atoms with Gasteiger partial charge in [0.05, 0.1) is 16.4 Å². The zero-order valence-electron chi connectivity index (χ0n) is 10.2. The first-order valence-corrected chi connectivity index (χ1v) is 6.38. The van der Waals surface area contributed by atoms with Gasteiger partial charge in [0, 0.05) is 26.8 Å². The van der Waals surface area contributed by atoms with Crippen LogP contribution in [-0.4, -0.2) is 26.8 Å². The van der Waals surface area contributed by atoms with Gasteiger partial charge in [-0.1, -0.05) is 17.7 Å². The summed E-state index contributed by atoms with van der Waals surface area (Å²) in [6.07, 6.45) is 2.27. The summed E-state index contributed by atoms with van der Waals surface area (Å²) in [6, 6.07) is 5.69. The molecule has 0 unspecified atom stereocenters. The first kappa shape index (κ1) is 12.5. The molecule has 3 nitrogen and oxygen atoms in total. The number of nitrogens with two attached hydrogens (primary N) is 1. The quantitative estimate of drug-likeness (QED) is 0.843. The zero-order chi connectivity index (χ0) is 12.3. The van der Waals surface area contributed by atoms with Gasteiger partial charge >= 0.3 is 0 Å². The van der Waals surface area contributed by atoms with Crippen LogP contribution in [0.4, 0.5) is 11.4 Å². The molecule has 4 heteroatoms. The molecule has 94 valence electrons. The van der Waals surface area contributed by atoms with Crippen LogP contribution < -0.4 is 10.6 Å². The molecule has 17 heavy (non-hydrogen) atoms. The summed E-state index contributed by atoms with van der Waals surface area (Å²) >= 11 is 6.21. The molecule has 2 rings (SSSR count). The second-order valence-corrected chi connectivity index (χ2v) is 4.97. The number of para-hydroxylation sites is 1. The number of hydrogen-bond donors (Lipinski definition) is 1. The molecule has 1 aliphatic heterocycles. The summed E-state index contributed by atoms with van der Waals surface area (Å²) in [7, 11) is 1.76. The Kier molecular flexibility index (Phi) is 4.13. The van der Waals surface area contributed by atoms with Crippen LogP contribution in [0, 0.1) is 5.92 Å². The van der Waals surface area contributed by atoms with Crippen molar-refractivity contribution in [3.63, 3.8) is 0 Å². The predicted octanol–water partition coefficient (Wildman–Crippen LogP) is 2.79. The van der Waals surface area contributed by atoms with E-state index in [1.807, 2.05) is 18.2 Å². The molecule has 0 atom stereocenters. The third kappa shape index (κ3) is 2.85. The van der Waals surface area contributed by atoms with Gasteiger partial charge in [0.15, 0.2) is 0 Å². The lowest BCUT2D eigenvalue weighted by Gasteiger charge is -2.34. The number of anilines is 2. The summed E-state index contributed by atoms with van der Waals surface area (Å²) in [5.74, 6) is 0.667. The van der Waals surface area contributed by atoms with Crippen molar-refractivity contribution in [3.05, 3.63) is 23.2 Å². The number of nitrogens with zero attached hydrogens (tertiary/aromatic N) is 1. The lowest BCUT2D eigenvalue weighted by atomic mass is 9.97. The van der Waals surface area contributed by atoms with E-state index in [1.54, 1.807) is 7.11 Å². The number of nitrogen functional groups attached to an aromatic ring is 1. The van der Waals surface area contributed by atoms with Crippen molar-refractivity contribution in [1.82, 2.24) is 0 Å². The first-order valence-electron chi connectivity index (χ1n) is 6.00. The van der Waals surface area contributed by atoms with Crippen LogP contribution in [0.5, 0.6) is 0 Å². The summed E-state index contributed by atoms with van der Waals surface area (Å²) < 4.78 is 5.20. The summed E-state index contributed by atoms with van der Waals surface area (Å²) in [6.45, 7) is 2.86. The minimum atomic E-state index is 0.667. The molecule has 0 saturated carbocycles. The molecule has 0 radical (unpaired) electrons.